The van der Waals surface area contributed by atoms with Gasteiger partial charge in [0.05, 0.1) is 18.4 Å². The van der Waals surface area contributed by atoms with Crippen LogP contribution in [0.25, 0.3) is 11.3 Å². The van der Waals surface area contributed by atoms with Crippen LogP contribution in [0.15, 0.2) is 47.5 Å². The second-order valence-electron chi connectivity index (χ2n) is 3.98. The number of aromatic nitrogens is 1. The molecule has 1 aromatic heterocycles. The van der Waals surface area contributed by atoms with Gasteiger partial charge in [-0.1, -0.05) is 30.3 Å². The molecule has 0 aliphatic heterocycles. The monoisotopic (exact) mass is 313 g/mol. The van der Waals surface area contributed by atoms with E-state index in [2.05, 4.69) is 9.72 Å². The molecule has 0 fully saturated rings. The third kappa shape index (κ3) is 3.98. The predicted octanol–water partition coefficient (Wildman–Crippen LogP) is 4.15. The summed E-state index contributed by atoms with van der Waals surface area (Å²) in [5, 5.41) is 0. The third-order valence-electron chi connectivity index (χ3n) is 2.55. The Balaban J connectivity index is 2.51. The Morgan fingerprint density at radius 3 is 2.48 bits per heavy atom. The number of hydrogen-bond acceptors (Lipinski definition) is 4. The Morgan fingerprint density at radius 1 is 1.24 bits per heavy atom. The summed E-state index contributed by atoms with van der Waals surface area (Å²) in [6.07, 6.45) is 1.20. The first-order chi connectivity index (χ1) is 9.90. The van der Waals surface area contributed by atoms with Gasteiger partial charge >= 0.3 is 11.5 Å². The Labute approximate surface area is 123 Å². The Morgan fingerprint density at radius 2 is 1.90 bits per heavy atom. The largest absolute Gasteiger partial charge is 0.465 e. The minimum absolute atomic E-state index is 0.0241. The van der Waals surface area contributed by atoms with Crippen molar-refractivity contribution in [3.05, 3.63) is 48.2 Å². The lowest BCUT2D eigenvalue weighted by Crippen LogP contribution is -2.05. The topological polar surface area (TPSA) is 39.2 Å². The van der Waals surface area contributed by atoms with Crippen molar-refractivity contribution in [1.82, 2.24) is 4.98 Å². The quantitative estimate of drug-likeness (QED) is 0.630. The van der Waals surface area contributed by atoms with Crippen LogP contribution in [0.4, 0.5) is 13.2 Å². The van der Waals surface area contributed by atoms with Gasteiger partial charge < -0.3 is 4.74 Å². The van der Waals surface area contributed by atoms with Crippen molar-refractivity contribution < 1.29 is 22.7 Å². The molecular formula is C14H10F3NO2S. The maximum Gasteiger partial charge on any atom is 0.446 e. The van der Waals surface area contributed by atoms with E-state index in [1.165, 1.54) is 6.20 Å². The summed E-state index contributed by atoms with van der Waals surface area (Å²) in [6, 6.07) is 9.60. The van der Waals surface area contributed by atoms with Gasteiger partial charge in [-0.25, -0.2) is 4.79 Å². The molecule has 0 aliphatic carbocycles. The van der Waals surface area contributed by atoms with Crippen LogP contribution in [0.1, 0.15) is 10.4 Å². The number of hydrogen-bond donors (Lipinski definition) is 0. The van der Waals surface area contributed by atoms with Crippen molar-refractivity contribution >= 4 is 17.7 Å². The van der Waals surface area contributed by atoms with E-state index >= 15 is 0 Å². The molecule has 21 heavy (non-hydrogen) atoms. The summed E-state index contributed by atoms with van der Waals surface area (Å²) < 4.78 is 42.5. The summed E-state index contributed by atoms with van der Waals surface area (Å²) >= 11 is -0.306. The zero-order chi connectivity index (χ0) is 15.5. The molecule has 3 nitrogen and oxygen atoms in total. The SMILES string of the molecule is COC(=O)c1cnc(-c2ccccc2)c(SC(F)(F)F)c1. The standard InChI is InChI=1S/C14H10F3NO2S/c1-20-13(19)10-7-11(21-14(15,16)17)12(18-8-10)9-5-3-2-4-6-9/h2-8H,1H3. The highest BCUT2D eigenvalue weighted by molar-refractivity contribution is 8.00. The summed E-state index contributed by atoms with van der Waals surface area (Å²) in [6.45, 7) is 0. The lowest BCUT2D eigenvalue weighted by Gasteiger charge is -2.11. The average Bonchev–Trinajstić information content (AvgIpc) is 2.45. The smallest absolute Gasteiger partial charge is 0.446 e. The van der Waals surface area contributed by atoms with Gasteiger partial charge in [0.25, 0.3) is 0 Å². The van der Waals surface area contributed by atoms with Crippen LogP contribution in [-0.4, -0.2) is 23.6 Å². The lowest BCUT2D eigenvalue weighted by molar-refractivity contribution is -0.0328. The van der Waals surface area contributed by atoms with E-state index in [1.807, 2.05) is 0 Å². The molecule has 110 valence electrons. The fourth-order valence-corrected chi connectivity index (χ4v) is 2.39. The van der Waals surface area contributed by atoms with Gasteiger partial charge in [0.15, 0.2) is 0 Å². The summed E-state index contributed by atoms with van der Waals surface area (Å²) in [5.41, 5.74) is -3.78. The number of ether oxygens (including phenoxy) is 1. The first-order valence-corrected chi connectivity index (χ1v) is 6.62. The number of pyridine rings is 1. The van der Waals surface area contributed by atoms with Crippen LogP contribution in [-0.2, 0) is 4.74 Å². The molecule has 0 atom stereocenters. The molecule has 0 spiro atoms. The Hall–Kier alpha value is -2.02. The number of benzene rings is 1. The molecule has 0 radical (unpaired) electrons. The van der Waals surface area contributed by atoms with Crippen molar-refractivity contribution in [3.63, 3.8) is 0 Å². The number of halogens is 3. The van der Waals surface area contributed by atoms with Gasteiger partial charge in [-0.3, -0.25) is 4.98 Å². The van der Waals surface area contributed by atoms with Crippen LogP contribution in [0.5, 0.6) is 0 Å². The number of alkyl halides is 3. The molecule has 0 unspecified atom stereocenters. The Bertz CT molecular complexity index is 644. The summed E-state index contributed by atoms with van der Waals surface area (Å²) in [4.78, 5) is 15.3. The van der Waals surface area contributed by atoms with Crippen molar-refractivity contribution in [2.24, 2.45) is 0 Å². The number of thioether (sulfide) groups is 1. The second kappa shape index (κ2) is 6.17. The van der Waals surface area contributed by atoms with Crippen molar-refractivity contribution in [2.75, 3.05) is 7.11 Å². The summed E-state index contributed by atoms with van der Waals surface area (Å²) in [5.74, 6) is -0.730. The van der Waals surface area contributed by atoms with Gasteiger partial charge in [0, 0.05) is 16.7 Å². The fraction of sp³-hybridized carbons (Fsp3) is 0.143. The van der Waals surface area contributed by atoms with E-state index in [9.17, 15) is 18.0 Å². The van der Waals surface area contributed by atoms with Crippen LogP contribution in [0.3, 0.4) is 0 Å². The van der Waals surface area contributed by atoms with Gasteiger partial charge in [-0.2, -0.15) is 13.2 Å². The number of esters is 1. The average molecular weight is 313 g/mol. The van der Waals surface area contributed by atoms with E-state index in [-0.39, 0.29) is 27.9 Å². The maximum absolute atomic E-state index is 12.7. The van der Waals surface area contributed by atoms with Crippen molar-refractivity contribution in [3.8, 4) is 11.3 Å². The van der Waals surface area contributed by atoms with E-state index in [0.29, 0.717) is 5.56 Å². The molecule has 1 aromatic carbocycles. The van der Waals surface area contributed by atoms with E-state index in [4.69, 9.17) is 0 Å². The number of carbonyl (C=O) groups excluding carboxylic acids is 1. The maximum atomic E-state index is 12.7. The van der Waals surface area contributed by atoms with Crippen LogP contribution < -0.4 is 0 Å². The molecule has 1 heterocycles. The zero-order valence-corrected chi connectivity index (χ0v) is 11.7. The molecule has 0 N–H and O–H groups in total. The predicted molar refractivity (Wildman–Crippen MR) is 72.9 cm³/mol. The van der Waals surface area contributed by atoms with E-state index < -0.39 is 11.5 Å². The minimum atomic E-state index is -4.47. The third-order valence-corrected chi connectivity index (χ3v) is 3.31. The fourth-order valence-electron chi connectivity index (χ4n) is 1.69. The number of carbonyl (C=O) groups is 1. The first kappa shape index (κ1) is 15.4. The van der Waals surface area contributed by atoms with Crippen LogP contribution in [0, 0.1) is 0 Å². The van der Waals surface area contributed by atoms with E-state index in [1.54, 1.807) is 30.3 Å². The Kier molecular flexibility index (Phi) is 4.52. The highest BCUT2D eigenvalue weighted by atomic mass is 32.2. The highest BCUT2D eigenvalue weighted by Crippen LogP contribution is 2.41. The molecular weight excluding hydrogens is 303 g/mol. The van der Waals surface area contributed by atoms with Gasteiger partial charge in [-0.05, 0) is 17.8 Å². The molecule has 0 saturated carbocycles. The second-order valence-corrected chi connectivity index (χ2v) is 5.08. The molecule has 2 aromatic rings. The van der Waals surface area contributed by atoms with Gasteiger partial charge in [0.1, 0.15) is 0 Å². The highest BCUT2D eigenvalue weighted by Gasteiger charge is 2.31. The molecule has 0 saturated heterocycles. The zero-order valence-electron chi connectivity index (χ0n) is 10.8. The molecule has 7 heteroatoms. The van der Waals surface area contributed by atoms with Crippen molar-refractivity contribution in [1.29, 1.82) is 0 Å². The van der Waals surface area contributed by atoms with Gasteiger partial charge in [-0.15, -0.1) is 0 Å². The van der Waals surface area contributed by atoms with E-state index in [0.717, 1.165) is 13.2 Å². The van der Waals surface area contributed by atoms with Gasteiger partial charge in [0.2, 0.25) is 0 Å². The number of methoxy groups -OCH3 is 1. The number of nitrogens with zero attached hydrogens (tertiary/aromatic N) is 1. The van der Waals surface area contributed by atoms with Crippen molar-refractivity contribution in [2.45, 2.75) is 10.4 Å². The molecule has 0 amide bonds. The minimum Gasteiger partial charge on any atom is -0.465 e. The molecule has 2 rings (SSSR count). The normalized spacial score (nSPS) is 11.2. The first-order valence-electron chi connectivity index (χ1n) is 5.80. The lowest BCUT2D eigenvalue weighted by atomic mass is 10.1. The summed E-state index contributed by atoms with van der Waals surface area (Å²) in [7, 11) is 1.16. The molecule has 0 aliphatic rings. The number of rotatable bonds is 3. The molecule has 0 bridgehead atoms. The van der Waals surface area contributed by atoms with Crippen LogP contribution in [0.2, 0.25) is 0 Å². The van der Waals surface area contributed by atoms with Crippen LogP contribution >= 0.6 is 11.8 Å².